The maximum atomic E-state index is 12.2. The lowest BCUT2D eigenvalue weighted by Crippen LogP contribution is -3.09. The van der Waals surface area contributed by atoms with Crippen molar-refractivity contribution in [1.29, 1.82) is 5.26 Å². The van der Waals surface area contributed by atoms with Crippen LogP contribution in [0.5, 0.6) is 0 Å². The van der Waals surface area contributed by atoms with E-state index in [1.165, 1.54) is 5.56 Å². The van der Waals surface area contributed by atoms with Crippen LogP contribution in [-0.2, 0) is 11.3 Å². The predicted octanol–water partition coefficient (Wildman–Crippen LogP) is 0.822. The Morgan fingerprint density at radius 2 is 1.91 bits per heavy atom. The molecule has 0 bridgehead atoms. The molecule has 0 aliphatic carbocycles. The number of nitrogens with one attached hydrogen (secondary N) is 2. The first-order valence-corrected chi connectivity index (χ1v) is 7.97. The van der Waals surface area contributed by atoms with Crippen LogP contribution in [0.2, 0.25) is 0 Å². The minimum absolute atomic E-state index is 0.0651. The Hall–Kier alpha value is -2.06. The summed E-state index contributed by atoms with van der Waals surface area (Å²) >= 11 is 0. The number of benzene rings is 1. The Labute approximate surface area is 139 Å². The highest BCUT2D eigenvalue weighted by Gasteiger charge is 2.30. The van der Waals surface area contributed by atoms with Crippen molar-refractivity contribution >= 4 is 11.6 Å². The van der Waals surface area contributed by atoms with Crippen LogP contribution in [0.1, 0.15) is 26.3 Å². The molecule has 1 aromatic rings. The summed E-state index contributed by atoms with van der Waals surface area (Å²) in [7, 11) is 6.01. The SMILES string of the molecule is CC(C)[C@](C)(C#N)NC(=O)C[NH+](C)Cc1ccc(N(C)C)cc1. The zero-order valence-corrected chi connectivity index (χ0v) is 15.1. The minimum Gasteiger partial charge on any atom is -0.378 e. The average molecular weight is 317 g/mol. The van der Waals surface area contributed by atoms with Crippen molar-refractivity contribution in [3.63, 3.8) is 0 Å². The first-order chi connectivity index (χ1) is 10.7. The van der Waals surface area contributed by atoms with Crippen molar-refractivity contribution in [2.24, 2.45) is 5.92 Å². The van der Waals surface area contributed by atoms with Gasteiger partial charge in [0.05, 0.1) is 13.1 Å². The molecule has 0 aliphatic heterocycles. The Morgan fingerprint density at radius 3 is 2.35 bits per heavy atom. The molecule has 2 atom stereocenters. The molecule has 0 saturated carbocycles. The van der Waals surface area contributed by atoms with Crippen molar-refractivity contribution in [3.05, 3.63) is 29.8 Å². The average Bonchev–Trinajstić information content (AvgIpc) is 2.46. The minimum atomic E-state index is -0.815. The van der Waals surface area contributed by atoms with Crippen molar-refractivity contribution in [3.8, 4) is 6.07 Å². The summed E-state index contributed by atoms with van der Waals surface area (Å²) in [6.45, 7) is 6.76. The molecule has 0 fully saturated rings. The number of nitriles is 1. The van der Waals surface area contributed by atoms with Gasteiger partial charge in [0.1, 0.15) is 12.1 Å². The highest BCUT2D eigenvalue weighted by molar-refractivity contribution is 5.78. The Balaban J connectivity index is 2.58. The molecule has 1 rings (SSSR count). The van der Waals surface area contributed by atoms with E-state index in [1.54, 1.807) is 6.92 Å². The molecule has 0 saturated heterocycles. The van der Waals surface area contributed by atoms with Gasteiger partial charge in [-0.15, -0.1) is 0 Å². The largest absolute Gasteiger partial charge is 0.378 e. The van der Waals surface area contributed by atoms with Crippen LogP contribution in [0.4, 0.5) is 5.69 Å². The van der Waals surface area contributed by atoms with Gasteiger partial charge in [0.25, 0.3) is 5.91 Å². The number of amides is 1. The monoisotopic (exact) mass is 317 g/mol. The fourth-order valence-corrected chi connectivity index (χ4v) is 2.23. The fraction of sp³-hybridized carbons (Fsp3) is 0.556. The van der Waals surface area contributed by atoms with Gasteiger partial charge < -0.3 is 15.1 Å². The molecular formula is C18H29N4O+. The van der Waals surface area contributed by atoms with E-state index < -0.39 is 5.54 Å². The molecule has 5 nitrogen and oxygen atoms in total. The topological polar surface area (TPSA) is 60.6 Å². The quantitative estimate of drug-likeness (QED) is 0.783. The number of hydrogen-bond acceptors (Lipinski definition) is 3. The highest BCUT2D eigenvalue weighted by atomic mass is 16.2. The lowest BCUT2D eigenvalue weighted by Gasteiger charge is -2.27. The van der Waals surface area contributed by atoms with Crippen LogP contribution in [0.15, 0.2) is 24.3 Å². The van der Waals surface area contributed by atoms with Crippen LogP contribution >= 0.6 is 0 Å². The van der Waals surface area contributed by atoms with Gasteiger partial charge in [0, 0.05) is 25.3 Å². The third-order valence-electron chi connectivity index (χ3n) is 4.21. The number of rotatable bonds is 7. The Kier molecular flexibility index (Phi) is 6.59. The third kappa shape index (κ3) is 5.57. The van der Waals surface area contributed by atoms with Crippen molar-refractivity contribution < 1.29 is 9.69 Å². The molecule has 1 amide bonds. The summed E-state index contributed by atoms with van der Waals surface area (Å²) in [5, 5.41) is 12.1. The van der Waals surface area contributed by atoms with Gasteiger partial charge in [0.15, 0.2) is 6.54 Å². The van der Waals surface area contributed by atoms with Crippen molar-refractivity contribution in [2.75, 3.05) is 32.6 Å². The molecule has 0 radical (unpaired) electrons. The molecule has 1 unspecified atom stereocenters. The lowest BCUT2D eigenvalue weighted by molar-refractivity contribution is -0.885. The molecule has 23 heavy (non-hydrogen) atoms. The number of hydrogen-bond donors (Lipinski definition) is 2. The fourth-order valence-electron chi connectivity index (χ4n) is 2.23. The summed E-state index contributed by atoms with van der Waals surface area (Å²) in [6, 6.07) is 10.5. The van der Waals surface area contributed by atoms with Crippen molar-refractivity contribution in [2.45, 2.75) is 32.9 Å². The van der Waals surface area contributed by atoms with Crippen LogP contribution in [-0.4, -0.2) is 39.1 Å². The summed E-state index contributed by atoms with van der Waals surface area (Å²) in [5.74, 6) is -0.0273. The first kappa shape index (κ1) is 19.0. The maximum absolute atomic E-state index is 12.2. The second kappa shape index (κ2) is 7.98. The summed E-state index contributed by atoms with van der Waals surface area (Å²) in [4.78, 5) is 15.3. The summed E-state index contributed by atoms with van der Waals surface area (Å²) in [5.41, 5.74) is 1.53. The third-order valence-corrected chi connectivity index (χ3v) is 4.21. The van der Waals surface area contributed by atoms with Crippen LogP contribution < -0.4 is 15.1 Å². The van der Waals surface area contributed by atoms with E-state index in [1.807, 2.05) is 35.0 Å². The lowest BCUT2D eigenvalue weighted by atomic mass is 9.90. The molecule has 0 heterocycles. The van der Waals surface area contributed by atoms with Gasteiger partial charge in [-0.3, -0.25) is 4.79 Å². The smallest absolute Gasteiger partial charge is 0.276 e. The van der Waals surface area contributed by atoms with E-state index in [9.17, 15) is 10.1 Å². The zero-order valence-electron chi connectivity index (χ0n) is 15.1. The van der Waals surface area contributed by atoms with E-state index >= 15 is 0 Å². The number of anilines is 1. The summed E-state index contributed by atoms with van der Waals surface area (Å²) < 4.78 is 0. The molecule has 2 N–H and O–H groups in total. The Morgan fingerprint density at radius 1 is 1.35 bits per heavy atom. The molecule has 1 aromatic carbocycles. The summed E-state index contributed by atoms with van der Waals surface area (Å²) in [6.07, 6.45) is 0. The molecule has 0 aliphatic rings. The maximum Gasteiger partial charge on any atom is 0.276 e. The number of carbonyl (C=O) groups is 1. The van der Waals surface area contributed by atoms with Gasteiger partial charge >= 0.3 is 0 Å². The molecular weight excluding hydrogens is 288 g/mol. The predicted molar refractivity (Wildman–Crippen MR) is 93.2 cm³/mol. The van der Waals surface area contributed by atoms with Crippen LogP contribution in [0.3, 0.4) is 0 Å². The molecule has 126 valence electrons. The standard InChI is InChI=1S/C18H28N4O/c1-14(2)18(3,13-19)20-17(23)12-22(6)11-15-7-9-16(10-8-15)21(4)5/h7-10,14H,11-12H2,1-6H3,(H,20,23)/p+1/t18-/m0/s1. The van der Waals surface area contributed by atoms with Gasteiger partial charge in [-0.2, -0.15) is 5.26 Å². The van der Waals surface area contributed by atoms with E-state index in [4.69, 9.17) is 0 Å². The number of nitrogens with zero attached hydrogens (tertiary/aromatic N) is 2. The first-order valence-electron chi connectivity index (χ1n) is 7.97. The number of quaternary nitrogens is 1. The molecule has 0 aromatic heterocycles. The van der Waals surface area contributed by atoms with Crippen LogP contribution in [0, 0.1) is 17.2 Å². The van der Waals surface area contributed by atoms with Gasteiger partial charge in [-0.25, -0.2) is 0 Å². The van der Waals surface area contributed by atoms with E-state index in [0.29, 0.717) is 6.54 Å². The molecule has 5 heteroatoms. The molecule has 0 spiro atoms. The van der Waals surface area contributed by atoms with Gasteiger partial charge in [0.2, 0.25) is 0 Å². The van der Waals surface area contributed by atoms with E-state index in [0.717, 1.165) is 17.1 Å². The van der Waals surface area contributed by atoms with Crippen LogP contribution in [0.25, 0.3) is 0 Å². The van der Waals surface area contributed by atoms with Gasteiger partial charge in [-0.05, 0) is 25.0 Å². The van der Waals surface area contributed by atoms with Crippen molar-refractivity contribution in [1.82, 2.24) is 5.32 Å². The van der Waals surface area contributed by atoms with E-state index in [2.05, 4.69) is 40.6 Å². The number of likely N-dealkylation sites (N-methyl/N-ethyl adjacent to an activating group) is 1. The second-order valence-electron chi connectivity index (χ2n) is 6.89. The Bertz CT molecular complexity index is 559. The van der Waals surface area contributed by atoms with Gasteiger partial charge in [-0.1, -0.05) is 26.0 Å². The second-order valence-corrected chi connectivity index (χ2v) is 6.89. The number of carbonyl (C=O) groups excluding carboxylic acids is 1. The highest BCUT2D eigenvalue weighted by Crippen LogP contribution is 2.14. The zero-order chi connectivity index (χ0) is 17.6. The van der Waals surface area contributed by atoms with E-state index in [-0.39, 0.29) is 11.8 Å². The normalized spacial score (nSPS) is 14.7.